The predicted octanol–water partition coefficient (Wildman–Crippen LogP) is -0.148. The number of fused-ring (bicyclic) bond motifs is 1. The van der Waals surface area contributed by atoms with E-state index in [4.69, 9.17) is 0 Å². The lowest BCUT2D eigenvalue weighted by Gasteiger charge is -2.07. The first kappa shape index (κ1) is 14.8. The topological polar surface area (TPSA) is 105 Å². The molecule has 0 unspecified atom stereocenters. The predicted molar refractivity (Wildman–Crippen MR) is 76.5 cm³/mol. The normalized spacial score (nSPS) is 11.7. The summed E-state index contributed by atoms with van der Waals surface area (Å²) in [5, 5.41) is 7.00. The SMILES string of the molecule is CNC(=O)CCNS(=O)(=O)c1c(NC)nc2sccn12. The lowest BCUT2D eigenvalue weighted by molar-refractivity contribution is -0.120. The molecule has 0 bridgehead atoms. The van der Waals surface area contributed by atoms with Crippen molar-refractivity contribution >= 4 is 38.0 Å². The zero-order valence-corrected chi connectivity index (χ0v) is 12.6. The van der Waals surface area contributed by atoms with Crippen LogP contribution >= 0.6 is 11.3 Å². The fourth-order valence-electron chi connectivity index (χ4n) is 1.68. The van der Waals surface area contributed by atoms with Gasteiger partial charge in [-0.3, -0.25) is 9.20 Å². The van der Waals surface area contributed by atoms with Crippen molar-refractivity contribution < 1.29 is 13.2 Å². The average Bonchev–Trinajstić information content (AvgIpc) is 2.97. The highest BCUT2D eigenvalue weighted by molar-refractivity contribution is 7.89. The van der Waals surface area contributed by atoms with E-state index in [1.807, 2.05) is 0 Å². The molecule has 0 aliphatic rings. The molecule has 3 N–H and O–H groups in total. The number of sulfonamides is 1. The highest BCUT2D eigenvalue weighted by Gasteiger charge is 2.25. The van der Waals surface area contributed by atoms with Crippen LogP contribution < -0.4 is 15.4 Å². The number of amides is 1. The van der Waals surface area contributed by atoms with E-state index in [0.717, 1.165) is 0 Å². The highest BCUT2D eigenvalue weighted by Crippen LogP contribution is 2.24. The first-order chi connectivity index (χ1) is 9.49. The molecule has 10 heteroatoms. The molecule has 2 aromatic heterocycles. The van der Waals surface area contributed by atoms with E-state index < -0.39 is 10.0 Å². The molecule has 0 saturated heterocycles. The van der Waals surface area contributed by atoms with Gasteiger partial charge in [0, 0.05) is 38.6 Å². The van der Waals surface area contributed by atoms with Crippen molar-refractivity contribution in [3.05, 3.63) is 11.6 Å². The van der Waals surface area contributed by atoms with E-state index in [1.165, 1.54) is 22.8 Å². The summed E-state index contributed by atoms with van der Waals surface area (Å²) in [7, 11) is -0.637. The second-order valence-corrected chi connectivity index (χ2v) is 6.45. The van der Waals surface area contributed by atoms with Crippen molar-refractivity contribution in [2.75, 3.05) is 26.0 Å². The number of thiazole rings is 1. The maximum atomic E-state index is 12.3. The molecule has 0 aliphatic carbocycles. The van der Waals surface area contributed by atoms with Gasteiger partial charge in [0.15, 0.2) is 15.8 Å². The Bertz CT molecular complexity index is 718. The molecule has 2 rings (SSSR count). The first-order valence-corrected chi connectivity index (χ1v) is 8.19. The van der Waals surface area contributed by atoms with Crippen LogP contribution in [-0.2, 0) is 14.8 Å². The fraction of sp³-hybridized carbons (Fsp3) is 0.400. The quantitative estimate of drug-likeness (QED) is 0.687. The lowest BCUT2D eigenvalue weighted by Crippen LogP contribution is -2.30. The van der Waals surface area contributed by atoms with Crippen molar-refractivity contribution in [3.63, 3.8) is 0 Å². The number of carbonyl (C=O) groups excluding carboxylic acids is 1. The van der Waals surface area contributed by atoms with Crippen LogP contribution in [0.2, 0.25) is 0 Å². The molecule has 0 spiro atoms. The molecule has 0 aliphatic heterocycles. The van der Waals surface area contributed by atoms with Crippen LogP contribution in [0.3, 0.4) is 0 Å². The smallest absolute Gasteiger partial charge is 0.260 e. The van der Waals surface area contributed by atoms with Crippen LogP contribution in [0.4, 0.5) is 5.82 Å². The molecule has 110 valence electrons. The Hall–Kier alpha value is -1.65. The standard InChI is InChI=1S/C10H15N5O3S2/c1-11-7(16)3-4-13-20(17,18)9-8(12-2)14-10-15(9)5-6-19-10/h5-6,12-13H,3-4H2,1-2H3,(H,11,16). The van der Waals surface area contributed by atoms with E-state index in [9.17, 15) is 13.2 Å². The fourth-order valence-corrected chi connectivity index (χ4v) is 3.76. The second-order valence-electron chi connectivity index (χ2n) is 3.89. The van der Waals surface area contributed by atoms with E-state index in [2.05, 4.69) is 20.3 Å². The average molecular weight is 317 g/mol. The van der Waals surface area contributed by atoms with Gasteiger partial charge in [-0.1, -0.05) is 0 Å². The summed E-state index contributed by atoms with van der Waals surface area (Å²) in [6, 6.07) is 0. The summed E-state index contributed by atoms with van der Waals surface area (Å²) >= 11 is 1.34. The zero-order valence-electron chi connectivity index (χ0n) is 11.0. The highest BCUT2D eigenvalue weighted by atomic mass is 32.2. The van der Waals surface area contributed by atoms with Gasteiger partial charge in [0.25, 0.3) is 10.0 Å². The summed E-state index contributed by atoms with van der Waals surface area (Å²) in [4.78, 5) is 15.9. The Morgan fingerprint density at radius 2 is 2.20 bits per heavy atom. The third-order valence-corrected chi connectivity index (χ3v) is 4.87. The monoisotopic (exact) mass is 317 g/mol. The third-order valence-electron chi connectivity index (χ3n) is 2.63. The second kappa shape index (κ2) is 5.77. The number of nitrogens with one attached hydrogen (secondary N) is 3. The minimum absolute atomic E-state index is 0.0303. The van der Waals surface area contributed by atoms with E-state index in [0.29, 0.717) is 4.96 Å². The van der Waals surface area contributed by atoms with E-state index in [-0.39, 0.29) is 29.7 Å². The lowest BCUT2D eigenvalue weighted by atomic mass is 10.4. The molecule has 0 atom stereocenters. The van der Waals surface area contributed by atoms with Crippen LogP contribution in [-0.4, -0.2) is 44.3 Å². The van der Waals surface area contributed by atoms with Gasteiger partial charge in [-0.2, -0.15) is 0 Å². The maximum absolute atomic E-state index is 12.3. The number of aromatic nitrogens is 2. The van der Waals surface area contributed by atoms with Gasteiger partial charge in [-0.15, -0.1) is 11.3 Å². The molecule has 0 aromatic carbocycles. The summed E-state index contributed by atoms with van der Waals surface area (Å²) in [6.45, 7) is 0.0303. The van der Waals surface area contributed by atoms with Crippen LogP contribution in [0, 0.1) is 0 Å². The number of hydrogen-bond acceptors (Lipinski definition) is 6. The molecular formula is C10H15N5O3S2. The molecule has 0 saturated carbocycles. The van der Waals surface area contributed by atoms with E-state index >= 15 is 0 Å². The Labute approximate surface area is 120 Å². The summed E-state index contributed by atoms with van der Waals surface area (Å²) < 4.78 is 28.5. The van der Waals surface area contributed by atoms with Crippen LogP contribution in [0.15, 0.2) is 16.6 Å². The minimum Gasteiger partial charge on any atom is -0.371 e. The number of anilines is 1. The van der Waals surface area contributed by atoms with Gasteiger partial charge < -0.3 is 10.6 Å². The van der Waals surface area contributed by atoms with Crippen molar-refractivity contribution in [1.29, 1.82) is 0 Å². The summed E-state index contributed by atoms with van der Waals surface area (Å²) in [5.74, 6) is 0.0554. The molecule has 2 heterocycles. The molecule has 0 radical (unpaired) electrons. The van der Waals surface area contributed by atoms with E-state index in [1.54, 1.807) is 18.6 Å². The van der Waals surface area contributed by atoms with Gasteiger partial charge in [-0.05, 0) is 0 Å². The van der Waals surface area contributed by atoms with Crippen molar-refractivity contribution in [2.45, 2.75) is 11.4 Å². The molecule has 20 heavy (non-hydrogen) atoms. The number of imidazole rings is 1. The molecule has 0 fully saturated rings. The Morgan fingerprint density at radius 1 is 1.45 bits per heavy atom. The minimum atomic E-state index is -3.75. The Morgan fingerprint density at radius 3 is 2.85 bits per heavy atom. The third kappa shape index (κ3) is 2.76. The molecular weight excluding hydrogens is 302 g/mol. The molecule has 2 aromatic rings. The molecule has 8 nitrogen and oxygen atoms in total. The van der Waals surface area contributed by atoms with Crippen molar-refractivity contribution in [2.24, 2.45) is 0 Å². The molecule has 1 amide bonds. The number of hydrogen-bond donors (Lipinski definition) is 3. The van der Waals surface area contributed by atoms with Crippen LogP contribution in [0.5, 0.6) is 0 Å². The first-order valence-electron chi connectivity index (χ1n) is 5.83. The number of rotatable bonds is 6. The van der Waals surface area contributed by atoms with Gasteiger partial charge in [0.2, 0.25) is 5.91 Å². The van der Waals surface area contributed by atoms with Crippen LogP contribution in [0.1, 0.15) is 6.42 Å². The van der Waals surface area contributed by atoms with Gasteiger partial charge in [0.1, 0.15) is 0 Å². The van der Waals surface area contributed by atoms with Gasteiger partial charge >= 0.3 is 0 Å². The van der Waals surface area contributed by atoms with Gasteiger partial charge in [0.05, 0.1) is 0 Å². The maximum Gasteiger partial charge on any atom is 0.260 e. The Balaban J connectivity index is 2.26. The Kier molecular flexibility index (Phi) is 4.26. The summed E-state index contributed by atoms with van der Waals surface area (Å²) in [5.41, 5.74) is 0. The van der Waals surface area contributed by atoms with Crippen LogP contribution in [0.25, 0.3) is 4.96 Å². The largest absolute Gasteiger partial charge is 0.371 e. The van der Waals surface area contributed by atoms with Gasteiger partial charge in [-0.25, -0.2) is 18.1 Å². The number of nitrogens with zero attached hydrogens (tertiary/aromatic N) is 2. The number of carbonyl (C=O) groups is 1. The van der Waals surface area contributed by atoms with Crippen molar-refractivity contribution in [1.82, 2.24) is 19.4 Å². The summed E-state index contributed by atoms with van der Waals surface area (Å²) in [6.07, 6.45) is 1.72. The van der Waals surface area contributed by atoms with Crippen molar-refractivity contribution in [3.8, 4) is 0 Å². The zero-order chi connectivity index (χ0) is 14.8.